The molecule has 0 aliphatic carbocycles. The second-order valence-electron chi connectivity index (χ2n) is 8.37. The van der Waals surface area contributed by atoms with Gasteiger partial charge in [-0.05, 0) is 62.1 Å². The Hall–Kier alpha value is -2.22. The van der Waals surface area contributed by atoms with Gasteiger partial charge in [0, 0.05) is 43.9 Å². The quantitative estimate of drug-likeness (QED) is 0.524. The molecule has 0 unspecified atom stereocenters. The molecule has 1 fully saturated rings. The van der Waals surface area contributed by atoms with E-state index in [1.807, 2.05) is 31.2 Å². The maximum atomic E-state index is 13.1. The third-order valence-electron chi connectivity index (χ3n) is 6.19. The van der Waals surface area contributed by atoms with Crippen molar-refractivity contribution in [2.24, 2.45) is 0 Å². The van der Waals surface area contributed by atoms with Gasteiger partial charge in [0.1, 0.15) is 5.75 Å². The van der Waals surface area contributed by atoms with Crippen molar-refractivity contribution in [3.63, 3.8) is 0 Å². The smallest absolute Gasteiger partial charge is 0.243 e. The van der Waals surface area contributed by atoms with Crippen LogP contribution in [0.3, 0.4) is 0 Å². The van der Waals surface area contributed by atoms with Crippen LogP contribution in [0.2, 0.25) is 0 Å². The van der Waals surface area contributed by atoms with Crippen LogP contribution in [-0.2, 0) is 16.6 Å². The first-order valence-corrected chi connectivity index (χ1v) is 12.8. The molecular weight excluding hydrogens is 424 g/mol. The lowest BCUT2D eigenvalue weighted by atomic mass is 9.99. The Balaban J connectivity index is 1.67. The SMILES string of the molecule is CCOc1ccc(C(C)=O)cc1CN1CCN(S(=O)(=O)c2ccc([C@H](C)CC)cc2)CC1. The molecule has 1 aliphatic heterocycles. The van der Waals surface area contributed by atoms with Gasteiger partial charge in [0.05, 0.1) is 11.5 Å². The molecule has 32 heavy (non-hydrogen) atoms. The highest BCUT2D eigenvalue weighted by Crippen LogP contribution is 2.25. The summed E-state index contributed by atoms with van der Waals surface area (Å²) >= 11 is 0. The van der Waals surface area contributed by atoms with Crippen molar-refractivity contribution in [1.29, 1.82) is 0 Å². The molecule has 0 bridgehead atoms. The highest BCUT2D eigenvalue weighted by atomic mass is 32.2. The number of rotatable bonds is 9. The second kappa shape index (κ2) is 10.6. The number of nitrogens with zero attached hydrogens (tertiary/aromatic N) is 2. The first-order chi connectivity index (χ1) is 15.3. The van der Waals surface area contributed by atoms with Crippen LogP contribution >= 0.6 is 0 Å². The molecule has 0 amide bonds. The van der Waals surface area contributed by atoms with E-state index in [-0.39, 0.29) is 5.78 Å². The van der Waals surface area contributed by atoms with E-state index >= 15 is 0 Å². The fraction of sp³-hybridized carbons (Fsp3) is 0.480. The summed E-state index contributed by atoms with van der Waals surface area (Å²) in [5, 5.41) is 0. The number of benzene rings is 2. The van der Waals surface area contributed by atoms with E-state index in [9.17, 15) is 13.2 Å². The van der Waals surface area contributed by atoms with Gasteiger partial charge >= 0.3 is 0 Å². The summed E-state index contributed by atoms with van der Waals surface area (Å²) in [6.07, 6.45) is 1.02. The maximum absolute atomic E-state index is 13.1. The van der Waals surface area contributed by atoms with Crippen molar-refractivity contribution in [2.75, 3.05) is 32.8 Å². The number of hydrogen-bond donors (Lipinski definition) is 0. The molecule has 2 aromatic carbocycles. The van der Waals surface area contributed by atoms with Gasteiger partial charge in [0.15, 0.2) is 5.78 Å². The van der Waals surface area contributed by atoms with Gasteiger partial charge < -0.3 is 4.74 Å². The van der Waals surface area contributed by atoms with E-state index in [2.05, 4.69) is 18.7 Å². The predicted octanol–water partition coefficient (Wildman–Crippen LogP) is 4.31. The van der Waals surface area contributed by atoms with E-state index in [1.54, 1.807) is 29.4 Å². The molecule has 0 aromatic heterocycles. The van der Waals surface area contributed by atoms with Gasteiger partial charge in [0.25, 0.3) is 0 Å². The summed E-state index contributed by atoms with van der Waals surface area (Å²) in [6.45, 7) is 11.1. The zero-order chi connectivity index (χ0) is 23.3. The third-order valence-corrected chi connectivity index (χ3v) is 8.10. The topological polar surface area (TPSA) is 66.9 Å². The minimum absolute atomic E-state index is 0.0181. The van der Waals surface area contributed by atoms with E-state index in [4.69, 9.17) is 4.74 Å². The number of carbonyl (C=O) groups excluding carboxylic acids is 1. The van der Waals surface area contributed by atoms with Gasteiger partial charge in [-0.25, -0.2) is 8.42 Å². The van der Waals surface area contributed by atoms with Crippen LogP contribution in [0.1, 0.15) is 61.5 Å². The van der Waals surface area contributed by atoms with E-state index < -0.39 is 10.0 Å². The van der Waals surface area contributed by atoms with Crippen molar-refractivity contribution in [2.45, 2.75) is 51.5 Å². The predicted molar refractivity (Wildman–Crippen MR) is 127 cm³/mol. The van der Waals surface area contributed by atoms with E-state index in [1.165, 1.54) is 0 Å². The number of sulfonamides is 1. The minimum Gasteiger partial charge on any atom is -0.494 e. The van der Waals surface area contributed by atoms with Crippen LogP contribution in [0.25, 0.3) is 0 Å². The number of carbonyl (C=O) groups is 1. The monoisotopic (exact) mass is 458 g/mol. The summed E-state index contributed by atoms with van der Waals surface area (Å²) in [4.78, 5) is 14.4. The van der Waals surface area contributed by atoms with Crippen molar-refractivity contribution < 1.29 is 17.9 Å². The molecule has 0 saturated carbocycles. The Labute approximate surface area is 192 Å². The average molecular weight is 459 g/mol. The number of Topliss-reactive ketones (excluding diaryl/α,β-unsaturated/α-hetero) is 1. The Morgan fingerprint density at radius 1 is 1.03 bits per heavy atom. The lowest BCUT2D eigenvalue weighted by molar-refractivity contribution is 0.101. The van der Waals surface area contributed by atoms with Crippen molar-refractivity contribution in [3.8, 4) is 5.75 Å². The summed E-state index contributed by atoms with van der Waals surface area (Å²) in [5.74, 6) is 1.21. The molecule has 3 rings (SSSR count). The zero-order valence-electron chi connectivity index (χ0n) is 19.5. The van der Waals surface area contributed by atoms with Gasteiger partial charge in [-0.2, -0.15) is 4.31 Å². The van der Waals surface area contributed by atoms with Crippen LogP contribution in [0.5, 0.6) is 5.75 Å². The van der Waals surface area contributed by atoms with Crippen LogP contribution in [0.15, 0.2) is 47.4 Å². The molecule has 6 nitrogen and oxygen atoms in total. The molecule has 2 aromatic rings. The molecule has 1 heterocycles. The standard InChI is InChI=1S/C25H34N2O4S/c1-5-19(3)21-7-10-24(11-8-21)32(29,30)27-15-13-26(14-16-27)18-23-17-22(20(4)28)9-12-25(23)31-6-2/h7-12,17,19H,5-6,13-16,18H2,1-4H3/t19-/m1/s1. The number of hydrogen-bond acceptors (Lipinski definition) is 5. The summed E-state index contributed by atoms with van der Waals surface area (Å²) in [6, 6.07) is 12.8. The average Bonchev–Trinajstić information content (AvgIpc) is 2.80. The molecule has 0 spiro atoms. The van der Waals surface area contributed by atoms with Crippen molar-refractivity contribution >= 4 is 15.8 Å². The number of ether oxygens (including phenoxy) is 1. The molecule has 1 atom stereocenters. The fourth-order valence-electron chi connectivity index (χ4n) is 3.94. The minimum atomic E-state index is -3.50. The largest absolute Gasteiger partial charge is 0.494 e. The van der Waals surface area contributed by atoms with Gasteiger partial charge in [-0.15, -0.1) is 0 Å². The molecular formula is C25H34N2O4S. The summed E-state index contributed by atoms with van der Waals surface area (Å²) < 4.78 is 33.5. The Morgan fingerprint density at radius 2 is 1.69 bits per heavy atom. The van der Waals surface area contributed by atoms with Gasteiger partial charge in [-0.1, -0.05) is 26.0 Å². The van der Waals surface area contributed by atoms with E-state index in [0.717, 1.165) is 23.3 Å². The lowest BCUT2D eigenvalue weighted by Gasteiger charge is -2.34. The molecule has 1 aliphatic rings. The first-order valence-electron chi connectivity index (χ1n) is 11.3. The molecule has 1 saturated heterocycles. The molecule has 0 N–H and O–H groups in total. The lowest BCUT2D eigenvalue weighted by Crippen LogP contribution is -2.48. The van der Waals surface area contributed by atoms with Gasteiger partial charge in [0.2, 0.25) is 10.0 Å². The van der Waals surface area contributed by atoms with E-state index in [0.29, 0.717) is 55.7 Å². The molecule has 174 valence electrons. The highest BCUT2D eigenvalue weighted by molar-refractivity contribution is 7.89. The zero-order valence-corrected chi connectivity index (χ0v) is 20.3. The van der Waals surface area contributed by atoms with Crippen molar-refractivity contribution in [1.82, 2.24) is 9.21 Å². The van der Waals surface area contributed by atoms with Crippen LogP contribution < -0.4 is 4.74 Å². The molecule has 0 radical (unpaired) electrons. The van der Waals surface area contributed by atoms with Crippen molar-refractivity contribution in [3.05, 3.63) is 59.2 Å². The second-order valence-corrected chi connectivity index (χ2v) is 10.3. The Bertz CT molecular complexity index is 1030. The van der Waals surface area contributed by atoms with Crippen LogP contribution in [0.4, 0.5) is 0 Å². The number of piperazine rings is 1. The normalized spacial score (nSPS) is 16.6. The van der Waals surface area contributed by atoms with Crippen LogP contribution in [-0.4, -0.2) is 56.2 Å². The Kier molecular flexibility index (Phi) is 8.09. The third kappa shape index (κ3) is 5.57. The highest BCUT2D eigenvalue weighted by Gasteiger charge is 2.29. The summed E-state index contributed by atoms with van der Waals surface area (Å²) in [7, 11) is -3.50. The fourth-order valence-corrected chi connectivity index (χ4v) is 5.36. The number of ketones is 1. The summed E-state index contributed by atoms with van der Waals surface area (Å²) in [5.41, 5.74) is 2.77. The Morgan fingerprint density at radius 3 is 2.25 bits per heavy atom. The van der Waals surface area contributed by atoms with Crippen LogP contribution in [0, 0.1) is 0 Å². The molecule has 7 heteroatoms. The van der Waals surface area contributed by atoms with Gasteiger partial charge in [-0.3, -0.25) is 9.69 Å². The maximum Gasteiger partial charge on any atom is 0.243 e. The first kappa shape index (κ1) is 24.4.